The van der Waals surface area contributed by atoms with Crippen LogP contribution in [0.3, 0.4) is 0 Å². The Kier molecular flexibility index (Phi) is 8.80. The van der Waals surface area contributed by atoms with Gasteiger partial charge in [-0.05, 0) is 55.3 Å². The lowest BCUT2D eigenvalue weighted by Gasteiger charge is -2.28. The molecule has 0 heterocycles. The zero-order valence-corrected chi connectivity index (χ0v) is 17.5. The highest BCUT2D eigenvalue weighted by Gasteiger charge is 2.25. The van der Waals surface area contributed by atoms with E-state index in [2.05, 4.69) is 5.32 Å². The Hall–Kier alpha value is -2.05. The van der Waals surface area contributed by atoms with E-state index in [0.29, 0.717) is 11.6 Å². The molecule has 150 valence electrons. The molecule has 0 radical (unpaired) electrons. The van der Waals surface area contributed by atoms with Gasteiger partial charge in [-0.1, -0.05) is 30.7 Å². The smallest absolute Gasteiger partial charge is 0.242 e. The largest absolute Gasteiger partial charge is 0.354 e. The van der Waals surface area contributed by atoms with Gasteiger partial charge in [-0.3, -0.25) is 9.59 Å². The van der Waals surface area contributed by atoms with Crippen molar-refractivity contribution in [3.63, 3.8) is 0 Å². The topological polar surface area (TPSA) is 49.4 Å². The van der Waals surface area contributed by atoms with E-state index in [4.69, 9.17) is 11.6 Å². The number of carbonyl (C=O) groups is 2. The summed E-state index contributed by atoms with van der Waals surface area (Å²) >= 11 is 7.27. The summed E-state index contributed by atoms with van der Waals surface area (Å²) in [5, 5.41) is 3.46. The predicted molar refractivity (Wildman–Crippen MR) is 112 cm³/mol. The summed E-state index contributed by atoms with van der Waals surface area (Å²) in [6, 6.07) is 12.6. The highest BCUT2D eigenvalue weighted by atomic mass is 35.5. The van der Waals surface area contributed by atoms with E-state index in [1.165, 1.54) is 28.8 Å². The Morgan fingerprint density at radius 3 is 2.39 bits per heavy atom. The first kappa shape index (κ1) is 22.2. The van der Waals surface area contributed by atoms with E-state index < -0.39 is 6.04 Å². The molecular weight excluding hydrogens is 399 g/mol. The zero-order chi connectivity index (χ0) is 20.5. The van der Waals surface area contributed by atoms with Crippen LogP contribution < -0.4 is 5.32 Å². The van der Waals surface area contributed by atoms with E-state index in [1.807, 2.05) is 19.1 Å². The Bertz CT molecular complexity index is 784. The Morgan fingerprint density at radius 1 is 1.14 bits per heavy atom. The van der Waals surface area contributed by atoms with Crippen LogP contribution in [0.1, 0.15) is 25.8 Å². The molecule has 2 aromatic carbocycles. The maximum absolute atomic E-state index is 13.2. The van der Waals surface area contributed by atoms with E-state index in [-0.39, 0.29) is 29.9 Å². The average molecular weight is 423 g/mol. The fourth-order valence-electron chi connectivity index (χ4n) is 2.52. The number of nitrogens with zero attached hydrogens (tertiary/aromatic N) is 1. The molecule has 2 amide bonds. The highest BCUT2D eigenvalue weighted by molar-refractivity contribution is 8.00. The predicted octanol–water partition coefficient (Wildman–Crippen LogP) is 4.51. The van der Waals surface area contributed by atoms with Crippen molar-refractivity contribution >= 4 is 35.2 Å². The van der Waals surface area contributed by atoms with Crippen LogP contribution in [0.25, 0.3) is 0 Å². The second-order valence-corrected chi connectivity index (χ2v) is 7.84. The maximum Gasteiger partial charge on any atom is 0.242 e. The number of halogens is 2. The fraction of sp³-hybridized carbons (Fsp3) is 0.333. The number of rotatable bonds is 9. The molecule has 7 heteroatoms. The highest BCUT2D eigenvalue weighted by Crippen LogP contribution is 2.22. The number of hydrogen-bond donors (Lipinski definition) is 1. The summed E-state index contributed by atoms with van der Waals surface area (Å²) in [6.45, 7) is 4.47. The third-order valence-corrected chi connectivity index (χ3v) is 5.41. The molecule has 0 aliphatic heterocycles. The van der Waals surface area contributed by atoms with Crippen LogP contribution in [0.4, 0.5) is 4.39 Å². The van der Waals surface area contributed by atoms with Crippen molar-refractivity contribution in [2.45, 2.75) is 37.8 Å². The lowest BCUT2D eigenvalue weighted by atomic mass is 10.1. The molecule has 1 atom stereocenters. The van der Waals surface area contributed by atoms with Crippen LogP contribution in [0.5, 0.6) is 0 Å². The first-order valence-electron chi connectivity index (χ1n) is 9.10. The van der Waals surface area contributed by atoms with E-state index in [0.717, 1.165) is 16.9 Å². The van der Waals surface area contributed by atoms with Crippen LogP contribution >= 0.6 is 23.4 Å². The molecule has 0 saturated heterocycles. The molecular formula is C21H24ClFN2O2S. The molecule has 1 unspecified atom stereocenters. The summed E-state index contributed by atoms with van der Waals surface area (Å²) < 4.78 is 13.2. The van der Waals surface area contributed by atoms with Crippen LogP contribution in [0.15, 0.2) is 53.4 Å². The summed E-state index contributed by atoms with van der Waals surface area (Å²) in [4.78, 5) is 27.8. The second kappa shape index (κ2) is 11.1. The van der Waals surface area contributed by atoms with Crippen molar-refractivity contribution in [3.8, 4) is 0 Å². The first-order valence-corrected chi connectivity index (χ1v) is 10.5. The quantitative estimate of drug-likeness (QED) is 0.604. The fourth-order valence-corrected chi connectivity index (χ4v) is 3.43. The molecule has 0 fully saturated rings. The lowest BCUT2D eigenvalue weighted by Crippen LogP contribution is -2.48. The van der Waals surface area contributed by atoms with Gasteiger partial charge in [0.15, 0.2) is 0 Å². The Labute approximate surface area is 174 Å². The third-order valence-electron chi connectivity index (χ3n) is 4.16. The summed E-state index contributed by atoms with van der Waals surface area (Å²) in [6.07, 6.45) is 0.816. The van der Waals surface area contributed by atoms with Gasteiger partial charge in [0.25, 0.3) is 0 Å². The van der Waals surface area contributed by atoms with E-state index in [1.54, 1.807) is 31.2 Å². The van der Waals surface area contributed by atoms with Gasteiger partial charge in [-0.25, -0.2) is 4.39 Å². The normalized spacial score (nSPS) is 11.7. The van der Waals surface area contributed by atoms with Gasteiger partial charge in [-0.15, -0.1) is 11.8 Å². The van der Waals surface area contributed by atoms with Gasteiger partial charge < -0.3 is 10.2 Å². The lowest BCUT2D eigenvalue weighted by molar-refractivity contribution is -0.138. The van der Waals surface area contributed by atoms with Crippen molar-refractivity contribution in [1.82, 2.24) is 10.2 Å². The SMILES string of the molecule is CCCNC(=O)C(C)N(Cc1ccc(F)cc1)C(=O)CSc1ccc(Cl)cc1. The van der Waals surface area contributed by atoms with Crippen LogP contribution in [0, 0.1) is 5.82 Å². The molecule has 1 N–H and O–H groups in total. The molecule has 0 aromatic heterocycles. The monoisotopic (exact) mass is 422 g/mol. The Balaban J connectivity index is 2.10. The summed E-state index contributed by atoms with van der Waals surface area (Å²) in [5.41, 5.74) is 0.765. The second-order valence-electron chi connectivity index (χ2n) is 6.36. The molecule has 0 saturated carbocycles. The van der Waals surface area contributed by atoms with Crippen LogP contribution in [-0.4, -0.2) is 35.1 Å². The maximum atomic E-state index is 13.2. The number of amides is 2. The zero-order valence-electron chi connectivity index (χ0n) is 16.0. The van der Waals surface area contributed by atoms with Crippen LogP contribution in [0.2, 0.25) is 5.02 Å². The molecule has 0 bridgehead atoms. The Morgan fingerprint density at radius 2 is 1.79 bits per heavy atom. The van der Waals surface area contributed by atoms with Crippen molar-refractivity contribution in [1.29, 1.82) is 0 Å². The minimum absolute atomic E-state index is 0.163. The van der Waals surface area contributed by atoms with E-state index in [9.17, 15) is 14.0 Å². The van der Waals surface area contributed by atoms with Crippen LogP contribution in [-0.2, 0) is 16.1 Å². The van der Waals surface area contributed by atoms with Crippen molar-refractivity contribution in [3.05, 3.63) is 64.9 Å². The number of carbonyl (C=O) groups excluding carboxylic acids is 2. The molecule has 4 nitrogen and oxygen atoms in total. The first-order chi connectivity index (χ1) is 13.4. The standard InChI is InChI=1S/C21H24ClFN2O2S/c1-3-12-24-21(27)15(2)25(13-16-4-8-18(23)9-5-16)20(26)14-28-19-10-6-17(22)7-11-19/h4-11,15H,3,12-14H2,1-2H3,(H,24,27). The van der Waals surface area contributed by atoms with Crippen molar-refractivity contribution in [2.24, 2.45) is 0 Å². The molecule has 2 aromatic rings. The van der Waals surface area contributed by atoms with Gasteiger partial charge in [0.05, 0.1) is 5.75 Å². The van der Waals surface area contributed by atoms with Gasteiger partial charge in [-0.2, -0.15) is 0 Å². The number of nitrogens with one attached hydrogen (secondary N) is 1. The summed E-state index contributed by atoms with van der Waals surface area (Å²) in [5.74, 6) is -0.514. The molecule has 2 rings (SSSR count). The number of benzene rings is 2. The van der Waals surface area contributed by atoms with Gasteiger partial charge >= 0.3 is 0 Å². The average Bonchev–Trinajstić information content (AvgIpc) is 2.70. The summed E-state index contributed by atoms with van der Waals surface area (Å²) in [7, 11) is 0. The van der Waals surface area contributed by atoms with Gasteiger partial charge in [0.2, 0.25) is 11.8 Å². The molecule has 0 spiro atoms. The third kappa shape index (κ3) is 6.84. The van der Waals surface area contributed by atoms with E-state index >= 15 is 0 Å². The minimum atomic E-state index is -0.630. The van der Waals surface area contributed by atoms with Crippen molar-refractivity contribution in [2.75, 3.05) is 12.3 Å². The molecule has 0 aliphatic carbocycles. The van der Waals surface area contributed by atoms with Crippen molar-refractivity contribution < 1.29 is 14.0 Å². The van der Waals surface area contributed by atoms with Gasteiger partial charge in [0.1, 0.15) is 11.9 Å². The number of hydrogen-bond acceptors (Lipinski definition) is 3. The van der Waals surface area contributed by atoms with Gasteiger partial charge in [0, 0.05) is 23.0 Å². The molecule has 0 aliphatic rings. The number of thioether (sulfide) groups is 1. The molecule has 28 heavy (non-hydrogen) atoms. The minimum Gasteiger partial charge on any atom is -0.354 e.